The van der Waals surface area contributed by atoms with E-state index in [4.69, 9.17) is 4.74 Å². The number of esters is 1. The van der Waals surface area contributed by atoms with Crippen molar-refractivity contribution in [1.29, 1.82) is 5.26 Å². The minimum absolute atomic E-state index is 0.211. The van der Waals surface area contributed by atoms with E-state index >= 15 is 0 Å². The Bertz CT molecular complexity index is 803. The number of ether oxygens (including phenoxy) is 1. The van der Waals surface area contributed by atoms with Crippen molar-refractivity contribution in [3.8, 4) is 6.07 Å². The van der Waals surface area contributed by atoms with Crippen LogP contribution in [0.4, 0.5) is 0 Å². The molecule has 0 saturated heterocycles. The maximum atomic E-state index is 11.7. The summed E-state index contributed by atoms with van der Waals surface area (Å²) >= 11 is 1.42. The van der Waals surface area contributed by atoms with Gasteiger partial charge in [0.05, 0.1) is 24.0 Å². The molecule has 26 heavy (non-hydrogen) atoms. The van der Waals surface area contributed by atoms with E-state index in [0.29, 0.717) is 12.2 Å². The Balaban J connectivity index is 1.86. The lowest BCUT2D eigenvalue weighted by atomic mass is 9.95. The van der Waals surface area contributed by atoms with Crippen molar-refractivity contribution in [2.24, 2.45) is 0 Å². The molecule has 1 atom stereocenters. The fraction of sp³-hybridized carbons (Fsp3) is 0.333. The highest BCUT2D eigenvalue weighted by Crippen LogP contribution is 2.39. The first-order valence-electron chi connectivity index (χ1n) is 8.86. The van der Waals surface area contributed by atoms with Gasteiger partial charge >= 0.3 is 5.97 Å². The van der Waals surface area contributed by atoms with E-state index in [1.54, 1.807) is 6.92 Å². The zero-order valence-corrected chi connectivity index (χ0v) is 15.6. The number of nitrogens with one attached hydrogen (secondary N) is 1. The van der Waals surface area contributed by atoms with Crippen LogP contribution >= 0.6 is 11.8 Å². The number of dihydropyridines is 1. The molecule has 0 bridgehead atoms. The molecule has 0 amide bonds. The smallest absolute Gasteiger partial charge is 0.315 e. The predicted octanol–water partition coefficient (Wildman–Crippen LogP) is 4.18. The molecule has 0 saturated carbocycles. The quantitative estimate of drug-likeness (QED) is 0.765. The number of nitrogens with zero attached hydrogens (tertiary/aromatic N) is 1. The van der Waals surface area contributed by atoms with Crippen LogP contribution in [0.2, 0.25) is 0 Å². The molecule has 0 spiro atoms. The fourth-order valence-corrected chi connectivity index (χ4v) is 4.22. The normalized spacial score (nSPS) is 19.3. The lowest BCUT2D eigenvalue weighted by Crippen LogP contribution is -2.32. The van der Waals surface area contributed by atoms with Crippen LogP contribution in [0, 0.1) is 11.3 Å². The average molecular weight is 366 g/mol. The summed E-state index contributed by atoms with van der Waals surface area (Å²) in [5.41, 5.74) is 5.24. The summed E-state index contributed by atoms with van der Waals surface area (Å²) < 4.78 is 5.01. The maximum absolute atomic E-state index is 11.7. The van der Waals surface area contributed by atoms with Gasteiger partial charge in [0, 0.05) is 5.70 Å². The maximum Gasteiger partial charge on any atom is 0.315 e. The van der Waals surface area contributed by atoms with Gasteiger partial charge in [0.1, 0.15) is 5.37 Å². The second-order valence-electron chi connectivity index (χ2n) is 6.13. The largest absolute Gasteiger partial charge is 0.465 e. The monoisotopic (exact) mass is 366 g/mol. The van der Waals surface area contributed by atoms with Crippen molar-refractivity contribution < 1.29 is 9.53 Å². The van der Waals surface area contributed by atoms with Crippen molar-refractivity contribution in [3.63, 3.8) is 0 Å². The third-order valence-electron chi connectivity index (χ3n) is 4.44. The zero-order chi connectivity index (χ0) is 18.4. The minimum Gasteiger partial charge on any atom is -0.465 e. The van der Waals surface area contributed by atoms with Gasteiger partial charge < -0.3 is 10.1 Å². The van der Waals surface area contributed by atoms with Crippen LogP contribution in [0.5, 0.6) is 0 Å². The first-order valence-corrected chi connectivity index (χ1v) is 9.91. The van der Waals surface area contributed by atoms with E-state index < -0.39 is 0 Å². The molecule has 1 unspecified atom stereocenters. The summed E-state index contributed by atoms with van der Waals surface area (Å²) in [6, 6.07) is 12.4. The molecule has 4 nitrogen and oxygen atoms in total. The first kappa shape index (κ1) is 18.3. The minimum atomic E-state index is -0.246. The van der Waals surface area contributed by atoms with Gasteiger partial charge in [0.15, 0.2) is 0 Å². The Hall–Kier alpha value is -2.45. The number of hydrogen-bond donors (Lipinski definition) is 1. The summed E-state index contributed by atoms with van der Waals surface area (Å²) in [6.07, 6.45) is 7.17. The van der Waals surface area contributed by atoms with Gasteiger partial charge in [-0.05, 0) is 42.9 Å². The number of hydrogen-bond acceptors (Lipinski definition) is 5. The SMILES string of the molecule is CCOC(=O)CSC1NC2=C(CCC2)C(/C=C/c2ccccc2)=C1C#N. The van der Waals surface area contributed by atoms with Gasteiger partial charge in [-0.25, -0.2) is 0 Å². The van der Waals surface area contributed by atoms with Gasteiger partial charge in [-0.15, -0.1) is 11.8 Å². The summed E-state index contributed by atoms with van der Waals surface area (Å²) in [5, 5.41) is 13.0. The van der Waals surface area contributed by atoms with Gasteiger partial charge in [-0.2, -0.15) is 5.26 Å². The van der Waals surface area contributed by atoms with Crippen LogP contribution in [0.25, 0.3) is 6.08 Å². The fourth-order valence-electron chi connectivity index (χ4n) is 3.27. The van der Waals surface area contributed by atoms with Gasteiger partial charge in [0.2, 0.25) is 0 Å². The third-order valence-corrected chi connectivity index (χ3v) is 5.53. The Morgan fingerprint density at radius 1 is 1.35 bits per heavy atom. The van der Waals surface area contributed by atoms with Crippen LogP contribution in [0.15, 0.2) is 58.8 Å². The number of allylic oxidation sites excluding steroid dienone is 4. The second kappa shape index (κ2) is 8.77. The third kappa shape index (κ3) is 4.20. The van der Waals surface area contributed by atoms with Crippen molar-refractivity contribution in [2.45, 2.75) is 31.6 Å². The molecule has 134 valence electrons. The molecule has 1 aromatic rings. The van der Waals surface area contributed by atoms with E-state index in [9.17, 15) is 10.1 Å². The summed E-state index contributed by atoms with van der Waals surface area (Å²) in [4.78, 5) is 11.7. The van der Waals surface area contributed by atoms with Crippen molar-refractivity contribution in [1.82, 2.24) is 5.32 Å². The van der Waals surface area contributed by atoms with Crippen LogP contribution in [0.3, 0.4) is 0 Å². The average Bonchev–Trinajstić information content (AvgIpc) is 3.13. The number of rotatable bonds is 6. The lowest BCUT2D eigenvalue weighted by Gasteiger charge is -2.27. The number of benzene rings is 1. The van der Waals surface area contributed by atoms with Crippen molar-refractivity contribution in [3.05, 3.63) is 64.4 Å². The standard InChI is InChI=1S/C21H22N2O2S/c1-2-25-20(24)14-26-21-18(13-22)16(17-9-6-10-19(17)23-21)12-11-15-7-4-3-5-8-15/h3-5,7-8,11-12,21,23H,2,6,9-10,14H2,1H3/b12-11+. The van der Waals surface area contributed by atoms with Crippen LogP contribution in [-0.4, -0.2) is 23.7 Å². The summed E-state index contributed by atoms with van der Waals surface area (Å²) in [6.45, 7) is 2.17. The van der Waals surface area contributed by atoms with E-state index in [-0.39, 0.29) is 17.1 Å². The first-order chi connectivity index (χ1) is 12.7. The molecule has 0 aromatic heterocycles. The lowest BCUT2D eigenvalue weighted by molar-refractivity contribution is -0.139. The summed E-state index contributed by atoms with van der Waals surface area (Å²) in [5.74, 6) is -0.0150. The predicted molar refractivity (Wildman–Crippen MR) is 105 cm³/mol. The van der Waals surface area contributed by atoms with E-state index in [2.05, 4.69) is 11.4 Å². The van der Waals surface area contributed by atoms with E-state index in [0.717, 1.165) is 30.4 Å². The molecule has 1 heterocycles. The zero-order valence-electron chi connectivity index (χ0n) is 14.8. The van der Waals surface area contributed by atoms with Crippen LogP contribution in [-0.2, 0) is 9.53 Å². The molecule has 0 radical (unpaired) electrons. The number of thioether (sulfide) groups is 1. The summed E-state index contributed by atoms with van der Waals surface area (Å²) in [7, 11) is 0. The van der Waals surface area contributed by atoms with E-state index in [1.807, 2.05) is 42.5 Å². The topological polar surface area (TPSA) is 62.1 Å². The molecule has 3 rings (SSSR count). The molecular weight excluding hydrogens is 344 g/mol. The molecule has 1 aliphatic carbocycles. The molecular formula is C21H22N2O2S. The van der Waals surface area contributed by atoms with Crippen LogP contribution in [0.1, 0.15) is 31.7 Å². The number of carbonyl (C=O) groups is 1. The molecule has 1 aliphatic heterocycles. The molecule has 1 aromatic carbocycles. The van der Waals surface area contributed by atoms with Crippen molar-refractivity contribution in [2.75, 3.05) is 12.4 Å². The molecule has 0 fully saturated rings. The number of carbonyl (C=O) groups excluding carboxylic acids is 1. The molecule has 2 aliphatic rings. The van der Waals surface area contributed by atoms with Gasteiger partial charge in [-0.1, -0.05) is 42.5 Å². The van der Waals surface area contributed by atoms with Crippen LogP contribution < -0.4 is 5.32 Å². The van der Waals surface area contributed by atoms with E-state index in [1.165, 1.54) is 23.0 Å². The Kier molecular flexibility index (Phi) is 6.19. The highest BCUT2D eigenvalue weighted by Gasteiger charge is 2.30. The Labute approximate surface area is 158 Å². The Morgan fingerprint density at radius 3 is 2.88 bits per heavy atom. The second-order valence-corrected chi connectivity index (χ2v) is 7.23. The molecule has 1 N–H and O–H groups in total. The molecule has 5 heteroatoms. The number of nitriles is 1. The van der Waals surface area contributed by atoms with Gasteiger partial charge in [0.25, 0.3) is 0 Å². The highest BCUT2D eigenvalue weighted by atomic mass is 32.2. The Morgan fingerprint density at radius 2 is 2.15 bits per heavy atom. The van der Waals surface area contributed by atoms with Gasteiger partial charge in [-0.3, -0.25) is 4.79 Å². The van der Waals surface area contributed by atoms with Crippen molar-refractivity contribution >= 4 is 23.8 Å². The highest BCUT2D eigenvalue weighted by molar-refractivity contribution is 8.00.